The molecule has 0 spiro atoms. The number of carbonyl (C=O) groups excluding carboxylic acids is 1. The molecule has 0 unspecified atom stereocenters. The van der Waals surface area contributed by atoms with Gasteiger partial charge in [-0.15, -0.1) is 0 Å². The summed E-state index contributed by atoms with van der Waals surface area (Å²) >= 11 is 0. The summed E-state index contributed by atoms with van der Waals surface area (Å²) in [6.07, 6.45) is 2.79. The third-order valence-corrected chi connectivity index (χ3v) is 3.19. The van der Waals surface area contributed by atoms with Gasteiger partial charge in [-0.25, -0.2) is 4.98 Å². The van der Waals surface area contributed by atoms with Crippen molar-refractivity contribution < 1.29 is 14.3 Å². The number of pyridine rings is 1. The molecule has 0 saturated carbocycles. The molecule has 0 bridgehead atoms. The molecule has 1 N–H and O–H groups in total. The number of hydrogen-bond donors (Lipinski definition) is 1. The smallest absolute Gasteiger partial charge is 0.306 e. The fourth-order valence-corrected chi connectivity index (χ4v) is 2.07. The van der Waals surface area contributed by atoms with Gasteiger partial charge in [0.15, 0.2) is 0 Å². The van der Waals surface area contributed by atoms with Crippen LogP contribution in [0.15, 0.2) is 42.6 Å². The first-order chi connectivity index (χ1) is 11.2. The maximum absolute atomic E-state index is 11.3. The lowest BCUT2D eigenvalue weighted by Gasteiger charge is -2.07. The lowest BCUT2D eigenvalue weighted by Crippen LogP contribution is -2.05. The quantitative estimate of drug-likeness (QED) is 0.751. The second kappa shape index (κ2) is 8.78. The Labute approximate surface area is 136 Å². The summed E-state index contributed by atoms with van der Waals surface area (Å²) < 4.78 is 10.6. The number of nitrogens with one attached hydrogen (secondary N) is 1. The van der Waals surface area contributed by atoms with Crippen LogP contribution in [0.1, 0.15) is 25.8 Å². The SMILES string of the molecule is CCNc1ccc(Oc2ccc(CCC(=O)OCC)cc2)nc1. The van der Waals surface area contributed by atoms with E-state index in [0.717, 1.165) is 17.8 Å². The Morgan fingerprint density at radius 3 is 2.52 bits per heavy atom. The van der Waals surface area contributed by atoms with Crippen LogP contribution in [-0.2, 0) is 16.0 Å². The predicted octanol–water partition coefficient (Wildman–Crippen LogP) is 3.80. The second-order valence-corrected chi connectivity index (χ2v) is 4.97. The monoisotopic (exact) mass is 314 g/mol. The number of benzene rings is 1. The number of nitrogens with zero attached hydrogens (tertiary/aromatic N) is 1. The average Bonchev–Trinajstić information content (AvgIpc) is 2.57. The van der Waals surface area contributed by atoms with Crippen LogP contribution in [0, 0.1) is 0 Å². The van der Waals surface area contributed by atoms with E-state index in [1.807, 2.05) is 50.2 Å². The highest BCUT2D eigenvalue weighted by Gasteiger charge is 2.04. The van der Waals surface area contributed by atoms with Gasteiger partial charge < -0.3 is 14.8 Å². The van der Waals surface area contributed by atoms with Crippen molar-refractivity contribution in [1.82, 2.24) is 4.98 Å². The zero-order chi connectivity index (χ0) is 16.5. The highest BCUT2D eigenvalue weighted by atomic mass is 16.5. The highest BCUT2D eigenvalue weighted by Crippen LogP contribution is 2.21. The molecule has 2 rings (SSSR count). The summed E-state index contributed by atoms with van der Waals surface area (Å²) in [5, 5.41) is 3.18. The molecule has 0 aliphatic heterocycles. The molecule has 5 heteroatoms. The number of esters is 1. The molecule has 2 aromatic rings. The molecule has 1 heterocycles. The fraction of sp³-hybridized carbons (Fsp3) is 0.333. The number of ether oxygens (including phenoxy) is 2. The Kier molecular flexibility index (Phi) is 6.41. The number of anilines is 1. The Morgan fingerprint density at radius 1 is 1.13 bits per heavy atom. The van der Waals surface area contributed by atoms with E-state index in [2.05, 4.69) is 10.3 Å². The second-order valence-electron chi connectivity index (χ2n) is 4.97. The number of aryl methyl sites for hydroxylation is 1. The van der Waals surface area contributed by atoms with Gasteiger partial charge in [0.1, 0.15) is 5.75 Å². The first-order valence-corrected chi connectivity index (χ1v) is 7.83. The largest absolute Gasteiger partial charge is 0.466 e. The van der Waals surface area contributed by atoms with Gasteiger partial charge in [0, 0.05) is 19.0 Å². The zero-order valence-electron chi connectivity index (χ0n) is 13.5. The Balaban J connectivity index is 1.88. The van der Waals surface area contributed by atoms with Crippen molar-refractivity contribution in [3.63, 3.8) is 0 Å². The summed E-state index contributed by atoms with van der Waals surface area (Å²) in [4.78, 5) is 15.6. The molecule has 122 valence electrons. The minimum atomic E-state index is -0.169. The van der Waals surface area contributed by atoms with Crippen LogP contribution in [0.25, 0.3) is 0 Å². The first kappa shape index (κ1) is 16.8. The summed E-state index contributed by atoms with van der Waals surface area (Å²) in [6, 6.07) is 11.4. The number of aromatic nitrogens is 1. The van der Waals surface area contributed by atoms with Gasteiger partial charge in [0.25, 0.3) is 0 Å². The van der Waals surface area contributed by atoms with Crippen molar-refractivity contribution in [1.29, 1.82) is 0 Å². The molecule has 0 aliphatic rings. The first-order valence-electron chi connectivity index (χ1n) is 7.83. The molecule has 5 nitrogen and oxygen atoms in total. The van der Waals surface area contributed by atoms with Gasteiger partial charge in [-0.2, -0.15) is 0 Å². The lowest BCUT2D eigenvalue weighted by atomic mass is 10.1. The van der Waals surface area contributed by atoms with Crippen LogP contribution in [0.3, 0.4) is 0 Å². The Hall–Kier alpha value is -2.56. The molecule has 0 fully saturated rings. The van der Waals surface area contributed by atoms with Crippen LogP contribution in [-0.4, -0.2) is 24.1 Å². The standard InChI is InChI=1S/C18H22N2O3/c1-3-19-15-8-11-17(20-13-15)23-16-9-5-14(6-10-16)7-12-18(21)22-4-2/h5-6,8-11,13,19H,3-4,7,12H2,1-2H3. The van der Waals surface area contributed by atoms with Crippen molar-refractivity contribution >= 4 is 11.7 Å². The molecule has 0 radical (unpaired) electrons. The van der Waals surface area contributed by atoms with Crippen LogP contribution in [0.2, 0.25) is 0 Å². The van der Waals surface area contributed by atoms with E-state index in [9.17, 15) is 4.79 Å². The van der Waals surface area contributed by atoms with Gasteiger partial charge >= 0.3 is 5.97 Å². The fourth-order valence-electron chi connectivity index (χ4n) is 2.07. The molecule has 0 aliphatic carbocycles. The van der Waals surface area contributed by atoms with Crippen molar-refractivity contribution in [2.75, 3.05) is 18.5 Å². The number of rotatable bonds is 8. The molecule has 0 amide bonds. The topological polar surface area (TPSA) is 60.5 Å². The third-order valence-electron chi connectivity index (χ3n) is 3.19. The van der Waals surface area contributed by atoms with Crippen LogP contribution >= 0.6 is 0 Å². The third kappa shape index (κ3) is 5.62. The van der Waals surface area contributed by atoms with E-state index in [1.165, 1.54) is 0 Å². The number of carbonyl (C=O) groups is 1. The lowest BCUT2D eigenvalue weighted by molar-refractivity contribution is -0.143. The molecule has 1 aromatic carbocycles. The maximum Gasteiger partial charge on any atom is 0.306 e. The van der Waals surface area contributed by atoms with Crippen molar-refractivity contribution in [3.8, 4) is 11.6 Å². The summed E-state index contributed by atoms with van der Waals surface area (Å²) in [6.45, 7) is 5.12. The molecule has 23 heavy (non-hydrogen) atoms. The minimum absolute atomic E-state index is 0.169. The summed E-state index contributed by atoms with van der Waals surface area (Å²) in [5.74, 6) is 1.09. The molecule has 0 saturated heterocycles. The summed E-state index contributed by atoms with van der Waals surface area (Å²) in [5.41, 5.74) is 2.04. The van der Waals surface area contributed by atoms with E-state index < -0.39 is 0 Å². The van der Waals surface area contributed by atoms with Crippen LogP contribution < -0.4 is 10.1 Å². The van der Waals surface area contributed by atoms with E-state index >= 15 is 0 Å². The van der Waals surface area contributed by atoms with Crippen molar-refractivity contribution in [2.24, 2.45) is 0 Å². The van der Waals surface area contributed by atoms with Gasteiger partial charge in [-0.1, -0.05) is 12.1 Å². The van der Waals surface area contributed by atoms with Crippen LogP contribution in [0.5, 0.6) is 11.6 Å². The maximum atomic E-state index is 11.3. The normalized spacial score (nSPS) is 10.2. The zero-order valence-corrected chi connectivity index (χ0v) is 13.5. The Bertz CT molecular complexity index is 609. The highest BCUT2D eigenvalue weighted by molar-refractivity contribution is 5.69. The van der Waals surface area contributed by atoms with E-state index in [1.54, 1.807) is 6.20 Å². The molecule has 0 atom stereocenters. The Morgan fingerprint density at radius 2 is 1.91 bits per heavy atom. The van der Waals surface area contributed by atoms with Gasteiger partial charge in [0.05, 0.1) is 18.5 Å². The van der Waals surface area contributed by atoms with Gasteiger partial charge in [-0.3, -0.25) is 4.79 Å². The van der Waals surface area contributed by atoms with E-state index in [0.29, 0.717) is 31.1 Å². The van der Waals surface area contributed by atoms with E-state index in [-0.39, 0.29) is 5.97 Å². The molecular formula is C18H22N2O3. The van der Waals surface area contributed by atoms with Crippen LogP contribution in [0.4, 0.5) is 5.69 Å². The average molecular weight is 314 g/mol. The summed E-state index contributed by atoms with van der Waals surface area (Å²) in [7, 11) is 0. The predicted molar refractivity (Wildman–Crippen MR) is 89.9 cm³/mol. The van der Waals surface area contributed by atoms with Crippen molar-refractivity contribution in [3.05, 3.63) is 48.2 Å². The minimum Gasteiger partial charge on any atom is -0.466 e. The number of hydrogen-bond acceptors (Lipinski definition) is 5. The molecular weight excluding hydrogens is 292 g/mol. The van der Waals surface area contributed by atoms with Crippen molar-refractivity contribution in [2.45, 2.75) is 26.7 Å². The van der Waals surface area contributed by atoms with Gasteiger partial charge in [-0.05, 0) is 44.0 Å². The van der Waals surface area contributed by atoms with Gasteiger partial charge in [0.2, 0.25) is 5.88 Å². The van der Waals surface area contributed by atoms with E-state index in [4.69, 9.17) is 9.47 Å². The molecule has 1 aromatic heterocycles.